The number of carbonyl (C=O) groups is 1. The average molecular weight is 257 g/mol. The van der Waals surface area contributed by atoms with Gasteiger partial charge in [0.25, 0.3) is 5.91 Å². The maximum atomic E-state index is 12.2. The lowest BCUT2D eigenvalue weighted by Gasteiger charge is -2.16. The molecule has 2 rings (SSSR count). The van der Waals surface area contributed by atoms with Crippen LogP contribution in [0, 0.1) is 0 Å². The highest BCUT2D eigenvalue weighted by atomic mass is 16.2. The van der Waals surface area contributed by atoms with Gasteiger partial charge in [-0.3, -0.25) is 9.78 Å². The van der Waals surface area contributed by atoms with Gasteiger partial charge in [0.15, 0.2) is 5.69 Å². The Morgan fingerprint density at radius 1 is 1.21 bits per heavy atom. The number of anilines is 2. The van der Waals surface area contributed by atoms with E-state index in [9.17, 15) is 4.79 Å². The predicted molar refractivity (Wildman–Crippen MR) is 73.2 cm³/mol. The zero-order valence-corrected chi connectivity index (χ0v) is 10.9. The summed E-state index contributed by atoms with van der Waals surface area (Å²) in [7, 11) is 1.69. The van der Waals surface area contributed by atoms with Crippen LogP contribution in [0.5, 0.6) is 0 Å². The SMILES string of the molecule is CCNc1ccc(C(=O)N(C)c2ccncc2)nn1. The van der Waals surface area contributed by atoms with E-state index in [-0.39, 0.29) is 5.91 Å². The molecule has 2 heterocycles. The number of nitrogens with one attached hydrogen (secondary N) is 1. The molecule has 1 N–H and O–H groups in total. The van der Waals surface area contributed by atoms with Crippen molar-refractivity contribution in [3.63, 3.8) is 0 Å². The topological polar surface area (TPSA) is 71.0 Å². The van der Waals surface area contributed by atoms with Crippen molar-refractivity contribution in [2.75, 3.05) is 23.8 Å². The van der Waals surface area contributed by atoms with Gasteiger partial charge in [-0.1, -0.05) is 0 Å². The van der Waals surface area contributed by atoms with Gasteiger partial charge in [0, 0.05) is 31.7 Å². The number of hydrogen-bond acceptors (Lipinski definition) is 5. The summed E-state index contributed by atoms with van der Waals surface area (Å²) < 4.78 is 0. The summed E-state index contributed by atoms with van der Waals surface area (Å²) in [5.74, 6) is 0.451. The van der Waals surface area contributed by atoms with Gasteiger partial charge in [-0.15, -0.1) is 10.2 Å². The molecule has 0 saturated carbocycles. The number of aromatic nitrogens is 3. The molecule has 0 radical (unpaired) electrons. The Morgan fingerprint density at radius 3 is 2.53 bits per heavy atom. The predicted octanol–water partition coefficient (Wildman–Crippen LogP) is 1.58. The quantitative estimate of drug-likeness (QED) is 0.900. The van der Waals surface area contributed by atoms with Crippen LogP contribution in [0.4, 0.5) is 11.5 Å². The number of carbonyl (C=O) groups excluding carboxylic acids is 1. The second kappa shape index (κ2) is 5.90. The van der Waals surface area contributed by atoms with Crippen molar-refractivity contribution in [2.45, 2.75) is 6.92 Å². The Hall–Kier alpha value is -2.50. The number of rotatable bonds is 4. The summed E-state index contributed by atoms with van der Waals surface area (Å²) in [5.41, 5.74) is 1.07. The number of amides is 1. The lowest BCUT2D eigenvalue weighted by atomic mass is 10.3. The van der Waals surface area contributed by atoms with Crippen molar-refractivity contribution in [2.24, 2.45) is 0 Å². The van der Waals surface area contributed by atoms with Crippen molar-refractivity contribution in [1.29, 1.82) is 0 Å². The van der Waals surface area contributed by atoms with Crippen molar-refractivity contribution in [3.05, 3.63) is 42.4 Å². The molecule has 6 nitrogen and oxygen atoms in total. The van der Waals surface area contributed by atoms with Gasteiger partial charge in [0.2, 0.25) is 0 Å². The molecule has 0 bridgehead atoms. The maximum Gasteiger partial charge on any atom is 0.278 e. The van der Waals surface area contributed by atoms with Crippen LogP contribution in [0.2, 0.25) is 0 Å². The largest absolute Gasteiger partial charge is 0.369 e. The first kappa shape index (κ1) is 12.9. The molecule has 0 saturated heterocycles. The molecule has 2 aromatic rings. The Kier molecular flexibility index (Phi) is 4.02. The Balaban J connectivity index is 2.15. The fourth-order valence-corrected chi connectivity index (χ4v) is 1.58. The summed E-state index contributed by atoms with van der Waals surface area (Å²) in [4.78, 5) is 17.6. The van der Waals surface area contributed by atoms with Crippen LogP contribution in [0.3, 0.4) is 0 Å². The third-order valence-electron chi connectivity index (χ3n) is 2.60. The molecule has 19 heavy (non-hydrogen) atoms. The minimum Gasteiger partial charge on any atom is -0.369 e. The molecular weight excluding hydrogens is 242 g/mol. The number of pyridine rings is 1. The highest BCUT2D eigenvalue weighted by Crippen LogP contribution is 2.13. The third-order valence-corrected chi connectivity index (χ3v) is 2.60. The molecule has 0 aliphatic rings. The van der Waals surface area contributed by atoms with Gasteiger partial charge in [-0.25, -0.2) is 0 Å². The van der Waals surface area contributed by atoms with E-state index in [4.69, 9.17) is 0 Å². The fraction of sp³-hybridized carbons (Fsp3) is 0.231. The normalized spacial score (nSPS) is 10.0. The zero-order valence-electron chi connectivity index (χ0n) is 10.9. The van der Waals surface area contributed by atoms with Crippen LogP contribution in [0.15, 0.2) is 36.7 Å². The summed E-state index contributed by atoms with van der Waals surface area (Å²) in [6, 6.07) is 6.92. The lowest BCUT2D eigenvalue weighted by Crippen LogP contribution is -2.27. The Labute approximate surface area is 111 Å². The van der Waals surface area contributed by atoms with Crippen LogP contribution in [0.1, 0.15) is 17.4 Å². The van der Waals surface area contributed by atoms with E-state index >= 15 is 0 Å². The van der Waals surface area contributed by atoms with Crippen molar-refractivity contribution >= 4 is 17.4 Å². The van der Waals surface area contributed by atoms with Gasteiger partial charge >= 0.3 is 0 Å². The molecule has 6 heteroatoms. The van der Waals surface area contributed by atoms with Crippen molar-refractivity contribution in [1.82, 2.24) is 15.2 Å². The molecule has 0 atom stereocenters. The summed E-state index contributed by atoms with van der Waals surface area (Å²) in [6.07, 6.45) is 3.28. The molecule has 98 valence electrons. The number of hydrogen-bond donors (Lipinski definition) is 1. The van der Waals surface area contributed by atoms with Gasteiger partial charge in [0.05, 0.1) is 0 Å². The molecule has 0 aliphatic heterocycles. The third kappa shape index (κ3) is 3.04. The average Bonchev–Trinajstić information content (AvgIpc) is 2.48. The molecule has 1 amide bonds. The van der Waals surface area contributed by atoms with Gasteiger partial charge < -0.3 is 10.2 Å². The summed E-state index contributed by atoms with van der Waals surface area (Å²) >= 11 is 0. The summed E-state index contributed by atoms with van der Waals surface area (Å²) in [6.45, 7) is 2.73. The van der Waals surface area contributed by atoms with E-state index in [1.807, 2.05) is 6.92 Å². The molecule has 2 aromatic heterocycles. The lowest BCUT2D eigenvalue weighted by molar-refractivity contribution is 0.0987. The van der Waals surface area contributed by atoms with Gasteiger partial charge in [0.1, 0.15) is 5.82 Å². The van der Waals surface area contributed by atoms with Crippen LogP contribution in [-0.4, -0.2) is 34.7 Å². The molecule has 0 aliphatic carbocycles. The van der Waals surface area contributed by atoms with Crippen LogP contribution in [-0.2, 0) is 0 Å². The molecule has 0 aromatic carbocycles. The standard InChI is InChI=1S/C13H15N5O/c1-3-15-12-5-4-11(16-17-12)13(19)18(2)10-6-8-14-9-7-10/h4-9H,3H2,1-2H3,(H,15,17). The van der Waals surface area contributed by atoms with Crippen LogP contribution < -0.4 is 10.2 Å². The van der Waals surface area contributed by atoms with Gasteiger partial charge in [-0.2, -0.15) is 0 Å². The van der Waals surface area contributed by atoms with E-state index in [0.717, 1.165) is 12.2 Å². The van der Waals surface area contributed by atoms with Gasteiger partial charge in [-0.05, 0) is 31.2 Å². The minimum atomic E-state index is -0.207. The highest BCUT2D eigenvalue weighted by Gasteiger charge is 2.15. The van der Waals surface area contributed by atoms with Crippen LogP contribution >= 0.6 is 0 Å². The van der Waals surface area contributed by atoms with E-state index in [0.29, 0.717) is 11.5 Å². The first-order chi connectivity index (χ1) is 9.22. The first-order valence-electron chi connectivity index (χ1n) is 5.98. The molecule has 0 spiro atoms. The van der Waals surface area contributed by atoms with E-state index in [1.54, 1.807) is 43.7 Å². The molecule has 0 unspecified atom stereocenters. The summed E-state index contributed by atoms with van der Waals surface area (Å²) in [5, 5.41) is 10.9. The van der Waals surface area contributed by atoms with E-state index in [1.165, 1.54) is 4.90 Å². The number of nitrogens with zero attached hydrogens (tertiary/aromatic N) is 4. The second-order valence-corrected chi connectivity index (χ2v) is 3.90. The van der Waals surface area contributed by atoms with Crippen LogP contribution in [0.25, 0.3) is 0 Å². The fourth-order valence-electron chi connectivity index (χ4n) is 1.58. The zero-order chi connectivity index (χ0) is 13.7. The second-order valence-electron chi connectivity index (χ2n) is 3.90. The Bertz CT molecular complexity index is 541. The minimum absolute atomic E-state index is 0.207. The van der Waals surface area contributed by atoms with E-state index < -0.39 is 0 Å². The van der Waals surface area contributed by atoms with Crippen molar-refractivity contribution in [3.8, 4) is 0 Å². The molecular formula is C13H15N5O. The highest BCUT2D eigenvalue weighted by molar-refractivity contribution is 6.04. The van der Waals surface area contributed by atoms with Crippen molar-refractivity contribution < 1.29 is 4.79 Å². The maximum absolute atomic E-state index is 12.2. The Morgan fingerprint density at radius 2 is 1.95 bits per heavy atom. The monoisotopic (exact) mass is 257 g/mol. The van der Waals surface area contributed by atoms with E-state index in [2.05, 4.69) is 20.5 Å². The smallest absolute Gasteiger partial charge is 0.278 e. The molecule has 0 fully saturated rings. The first-order valence-corrected chi connectivity index (χ1v) is 5.98.